The Kier molecular flexibility index (Phi) is 11.5. The van der Waals surface area contributed by atoms with Gasteiger partial charge in [-0.2, -0.15) is 8.99 Å². The molecule has 13 nitrogen and oxygen atoms in total. The molecule has 0 spiro atoms. The van der Waals surface area contributed by atoms with E-state index < -0.39 is 44.7 Å². The summed E-state index contributed by atoms with van der Waals surface area (Å²) in [5.41, 5.74) is 1.23. The highest BCUT2D eigenvalue weighted by Gasteiger charge is 2.35. The van der Waals surface area contributed by atoms with Gasteiger partial charge in [-0.25, -0.2) is 22.0 Å². The lowest BCUT2D eigenvalue weighted by molar-refractivity contribution is 0.102. The molecule has 0 unspecified atom stereocenters. The van der Waals surface area contributed by atoms with Crippen molar-refractivity contribution in [1.29, 1.82) is 0 Å². The van der Waals surface area contributed by atoms with Gasteiger partial charge in [-0.1, -0.05) is 0 Å². The van der Waals surface area contributed by atoms with Crippen LogP contribution in [0.25, 0.3) is 0 Å². The summed E-state index contributed by atoms with van der Waals surface area (Å²) in [4.78, 5) is 28.2. The van der Waals surface area contributed by atoms with E-state index in [1.165, 1.54) is 0 Å². The maximum Gasteiger partial charge on any atom is 0.435 e. The topological polar surface area (TPSA) is 144 Å². The molecule has 16 heteroatoms. The van der Waals surface area contributed by atoms with Crippen LogP contribution in [0, 0.1) is 11.6 Å². The molecule has 2 heterocycles. The van der Waals surface area contributed by atoms with E-state index in [0.29, 0.717) is 43.0 Å². The molecule has 4 rings (SSSR count). The van der Waals surface area contributed by atoms with Crippen molar-refractivity contribution >= 4 is 33.5 Å². The number of carbonyl (C=O) groups excluding carboxylic acids is 2. The van der Waals surface area contributed by atoms with Crippen LogP contribution in [0.5, 0.6) is 5.75 Å². The highest BCUT2D eigenvalue weighted by atomic mass is 32.2. The molecule has 0 saturated carbocycles. The summed E-state index contributed by atoms with van der Waals surface area (Å²) in [5, 5.41) is 10.3. The van der Waals surface area contributed by atoms with Gasteiger partial charge < -0.3 is 29.7 Å². The molecule has 1 atom stereocenters. The predicted octanol–water partition coefficient (Wildman–Crippen LogP) is 3.94. The van der Waals surface area contributed by atoms with E-state index in [0.717, 1.165) is 21.1 Å². The number of anilines is 2. The van der Waals surface area contributed by atoms with Gasteiger partial charge in [-0.15, -0.1) is 5.10 Å². The summed E-state index contributed by atoms with van der Waals surface area (Å²) >= 11 is 0. The first-order chi connectivity index (χ1) is 22.2. The standard InChI is InChI=1S/C31H40F2N6O7S/c1-19(2)46-31(41)39-28-9-10-38(47(42,43)24-14-21(32)13-22(33)15-24)17-26(28)29(36-39)35-30(40)25-8-7-23(45-12-11-37(4)5)16-27(25)34-20(3)18-44-6/h7-8,13-16,19-20,34H,9-12,17-18H2,1-6H3,(H,35,36,40)/t20-/m0/s1. The Bertz CT molecular complexity index is 1690. The molecule has 256 valence electrons. The van der Waals surface area contributed by atoms with Crippen LogP contribution in [0.3, 0.4) is 0 Å². The van der Waals surface area contributed by atoms with E-state index in [4.69, 9.17) is 14.2 Å². The number of carbonyl (C=O) groups is 2. The molecule has 2 aromatic carbocycles. The number of fused-ring (bicyclic) bond motifs is 1. The molecular formula is C31H40F2N6O7S. The van der Waals surface area contributed by atoms with E-state index in [1.807, 2.05) is 25.9 Å². The van der Waals surface area contributed by atoms with E-state index in [-0.39, 0.29) is 42.5 Å². The van der Waals surface area contributed by atoms with Gasteiger partial charge in [0.25, 0.3) is 5.91 Å². The second-order valence-electron chi connectivity index (χ2n) is 11.6. The maximum atomic E-state index is 13.9. The zero-order valence-corrected chi connectivity index (χ0v) is 28.0. The minimum Gasteiger partial charge on any atom is -0.492 e. The summed E-state index contributed by atoms with van der Waals surface area (Å²) < 4.78 is 73.2. The van der Waals surface area contributed by atoms with Crippen LogP contribution < -0.4 is 15.4 Å². The number of benzene rings is 2. The number of likely N-dealkylation sites (N-methyl/N-ethyl adjacent to an activating group) is 1. The van der Waals surface area contributed by atoms with Crippen LogP contribution in [-0.4, -0.2) is 99.1 Å². The largest absolute Gasteiger partial charge is 0.492 e. The number of rotatable bonds is 13. The average Bonchev–Trinajstić information content (AvgIpc) is 3.34. The zero-order chi connectivity index (χ0) is 34.5. The van der Waals surface area contributed by atoms with E-state index in [9.17, 15) is 26.8 Å². The van der Waals surface area contributed by atoms with Gasteiger partial charge >= 0.3 is 6.09 Å². The van der Waals surface area contributed by atoms with E-state index >= 15 is 0 Å². The molecule has 0 fully saturated rings. The van der Waals surface area contributed by atoms with Crippen molar-refractivity contribution in [2.24, 2.45) is 0 Å². The average molecular weight is 679 g/mol. The Morgan fingerprint density at radius 1 is 1.09 bits per heavy atom. The first kappa shape index (κ1) is 35.7. The number of halogens is 2. The van der Waals surface area contributed by atoms with Gasteiger partial charge in [0, 0.05) is 56.9 Å². The molecule has 0 radical (unpaired) electrons. The fourth-order valence-corrected chi connectivity index (χ4v) is 6.39. The van der Waals surface area contributed by atoms with E-state index in [1.54, 1.807) is 39.2 Å². The van der Waals surface area contributed by atoms with Gasteiger partial charge in [0.2, 0.25) is 10.0 Å². The number of hydrogen-bond acceptors (Lipinski definition) is 10. The predicted molar refractivity (Wildman–Crippen MR) is 170 cm³/mol. The van der Waals surface area contributed by atoms with Crippen molar-refractivity contribution in [3.63, 3.8) is 0 Å². The number of ether oxygens (including phenoxy) is 3. The monoisotopic (exact) mass is 678 g/mol. The van der Waals surface area contributed by atoms with Gasteiger partial charge in [0.15, 0.2) is 5.82 Å². The second kappa shape index (κ2) is 15.2. The number of nitrogens with one attached hydrogen (secondary N) is 2. The number of methoxy groups -OCH3 is 1. The Balaban J connectivity index is 1.70. The highest BCUT2D eigenvalue weighted by Crippen LogP contribution is 2.32. The molecular weight excluding hydrogens is 638 g/mol. The van der Waals surface area contributed by atoms with Crippen LogP contribution in [0.4, 0.5) is 25.1 Å². The van der Waals surface area contributed by atoms with Gasteiger partial charge in [0.05, 0.1) is 34.6 Å². The minimum atomic E-state index is -4.37. The van der Waals surface area contributed by atoms with Crippen LogP contribution >= 0.6 is 0 Å². The lowest BCUT2D eigenvalue weighted by atomic mass is 10.1. The molecule has 0 aliphatic carbocycles. The third kappa shape index (κ3) is 8.82. The molecule has 2 N–H and O–H groups in total. The minimum absolute atomic E-state index is 0.00273. The van der Waals surface area contributed by atoms with E-state index in [2.05, 4.69) is 15.7 Å². The molecule has 0 saturated heterocycles. The normalized spacial score (nSPS) is 14.2. The van der Waals surface area contributed by atoms with Crippen LogP contribution in [0.2, 0.25) is 0 Å². The maximum absolute atomic E-state index is 13.9. The van der Waals surface area contributed by atoms with Gasteiger partial charge in [-0.05, 0) is 59.1 Å². The molecule has 1 aliphatic heterocycles. The van der Waals surface area contributed by atoms with Crippen molar-refractivity contribution in [2.45, 2.75) is 50.8 Å². The Hall–Kier alpha value is -4.12. The first-order valence-corrected chi connectivity index (χ1v) is 16.4. The van der Waals surface area contributed by atoms with Crippen molar-refractivity contribution in [3.05, 3.63) is 64.9 Å². The second-order valence-corrected chi connectivity index (χ2v) is 13.6. The first-order valence-electron chi connectivity index (χ1n) is 15.0. The fourth-order valence-electron chi connectivity index (χ4n) is 4.94. The summed E-state index contributed by atoms with van der Waals surface area (Å²) in [6.45, 7) is 6.19. The Morgan fingerprint density at radius 3 is 2.43 bits per heavy atom. The molecule has 1 amide bonds. The summed E-state index contributed by atoms with van der Waals surface area (Å²) in [6, 6.07) is 6.77. The van der Waals surface area contributed by atoms with Crippen molar-refractivity contribution in [3.8, 4) is 5.75 Å². The van der Waals surface area contributed by atoms with Gasteiger partial charge in [0.1, 0.15) is 24.0 Å². The Morgan fingerprint density at radius 2 is 1.79 bits per heavy atom. The zero-order valence-electron chi connectivity index (χ0n) is 27.2. The number of sulfonamides is 1. The third-order valence-corrected chi connectivity index (χ3v) is 8.92. The lowest BCUT2D eigenvalue weighted by Gasteiger charge is -2.27. The van der Waals surface area contributed by atoms with Crippen molar-refractivity contribution in [2.75, 3.05) is 58.1 Å². The number of aromatic nitrogens is 2. The van der Waals surface area contributed by atoms with Crippen molar-refractivity contribution in [1.82, 2.24) is 19.0 Å². The van der Waals surface area contributed by atoms with Gasteiger partial charge in [-0.3, -0.25) is 4.79 Å². The number of amides is 1. The highest BCUT2D eigenvalue weighted by molar-refractivity contribution is 7.89. The summed E-state index contributed by atoms with van der Waals surface area (Å²) in [7, 11) is 1.04. The smallest absolute Gasteiger partial charge is 0.435 e. The van der Waals surface area contributed by atoms with Crippen LogP contribution in [0.15, 0.2) is 41.3 Å². The molecule has 0 bridgehead atoms. The summed E-state index contributed by atoms with van der Waals surface area (Å²) in [6.07, 6.45) is -1.29. The Labute approximate surface area is 272 Å². The van der Waals surface area contributed by atoms with Crippen LogP contribution in [0.1, 0.15) is 42.4 Å². The summed E-state index contributed by atoms with van der Waals surface area (Å²) in [5.74, 6) is -2.23. The SMILES string of the molecule is COC[C@H](C)Nc1cc(OCCN(C)C)ccc1C(=O)Nc1nn(C(=O)OC(C)C)c2c1CN(S(=O)(=O)c1cc(F)cc(F)c1)CC2. The van der Waals surface area contributed by atoms with Crippen molar-refractivity contribution < 1.29 is 41.0 Å². The molecule has 1 aromatic heterocycles. The fraction of sp³-hybridized carbons (Fsp3) is 0.452. The molecule has 47 heavy (non-hydrogen) atoms. The lowest BCUT2D eigenvalue weighted by Crippen LogP contribution is -2.37. The number of hydrogen-bond donors (Lipinski definition) is 2. The quantitative estimate of drug-likeness (QED) is 0.273. The molecule has 3 aromatic rings. The van der Waals surface area contributed by atoms with Crippen LogP contribution in [-0.2, 0) is 32.5 Å². The molecule has 1 aliphatic rings. The number of nitrogens with zero attached hydrogens (tertiary/aromatic N) is 4. The third-order valence-electron chi connectivity index (χ3n) is 7.10.